The fourth-order valence-electron chi connectivity index (χ4n) is 3.27. The SMILES string of the molecule is CCCn1nnnc1COC(=O)c1cccc(S(=O)(=O)N2CCCC[C@H]2C)c1. The number of nitrogens with zero attached hydrogens (tertiary/aromatic N) is 5. The number of carbonyl (C=O) groups is 1. The van der Waals surface area contributed by atoms with Gasteiger partial charge in [0, 0.05) is 19.1 Å². The minimum absolute atomic E-state index is 0.0493. The Balaban J connectivity index is 1.73. The molecule has 0 saturated carbocycles. The highest BCUT2D eigenvalue weighted by Gasteiger charge is 2.31. The van der Waals surface area contributed by atoms with Gasteiger partial charge in [-0.2, -0.15) is 4.31 Å². The third-order valence-electron chi connectivity index (χ3n) is 4.79. The van der Waals surface area contributed by atoms with Gasteiger partial charge in [-0.15, -0.1) is 5.10 Å². The Morgan fingerprint density at radius 1 is 1.32 bits per heavy atom. The van der Waals surface area contributed by atoms with E-state index in [2.05, 4.69) is 15.5 Å². The van der Waals surface area contributed by atoms with Crippen molar-refractivity contribution in [2.75, 3.05) is 6.54 Å². The third-order valence-corrected chi connectivity index (χ3v) is 6.80. The second-order valence-electron chi connectivity index (χ2n) is 6.88. The maximum atomic E-state index is 13.0. The molecule has 1 aromatic carbocycles. The van der Waals surface area contributed by atoms with E-state index in [9.17, 15) is 13.2 Å². The number of esters is 1. The lowest BCUT2D eigenvalue weighted by Gasteiger charge is -2.32. The Kier molecular flexibility index (Phi) is 6.40. The lowest BCUT2D eigenvalue weighted by molar-refractivity contribution is 0.0456. The van der Waals surface area contributed by atoms with Crippen molar-refractivity contribution < 1.29 is 17.9 Å². The fraction of sp³-hybridized carbons (Fsp3) is 0.556. The summed E-state index contributed by atoms with van der Waals surface area (Å²) in [7, 11) is -3.65. The topological polar surface area (TPSA) is 107 Å². The Labute approximate surface area is 164 Å². The van der Waals surface area contributed by atoms with E-state index in [0.717, 1.165) is 25.7 Å². The summed E-state index contributed by atoms with van der Waals surface area (Å²) in [6, 6.07) is 5.92. The molecule has 1 aromatic heterocycles. The van der Waals surface area contributed by atoms with Gasteiger partial charge in [0.2, 0.25) is 10.0 Å². The Hall–Kier alpha value is -2.33. The van der Waals surface area contributed by atoms with Crippen molar-refractivity contribution in [3.63, 3.8) is 0 Å². The molecule has 28 heavy (non-hydrogen) atoms. The number of tetrazole rings is 1. The number of hydrogen-bond acceptors (Lipinski definition) is 7. The van der Waals surface area contributed by atoms with Crippen molar-refractivity contribution in [1.29, 1.82) is 0 Å². The van der Waals surface area contributed by atoms with Gasteiger partial charge in [-0.1, -0.05) is 19.4 Å². The summed E-state index contributed by atoms with van der Waals surface area (Å²) in [5.41, 5.74) is 0.181. The number of benzene rings is 1. The van der Waals surface area contributed by atoms with Crippen LogP contribution in [0.1, 0.15) is 55.7 Å². The smallest absolute Gasteiger partial charge is 0.338 e. The summed E-state index contributed by atoms with van der Waals surface area (Å²) in [5.74, 6) is -0.170. The Morgan fingerprint density at radius 3 is 2.89 bits per heavy atom. The maximum absolute atomic E-state index is 13.0. The van der Waals surface area contributed by atoms with Crippen molar-refractivity contribution in [1.82, 2.24) is 24.5 Å². The molecule has 0 N–H and O–H groups in total. The predicted octanol–water partition coefficient (Wildman–Crippen LogP) is 2.00. The van der Waals surface area contributed by atoms with Gasteiger partial charge >= 0.3 is 5.97 Å². The average Bonchev–Trinajstić information content (AvgIpc) is 3.14. The number of hydrogen-bond donors (Lipinski definition) is 0. The van der Waals surface area contributed by atoms with E-state index in [0.29, 0.717) is 18.9 Å². The lowest BCUT2D eigenvalue weighted by atomic mass is 10.1. The van der Waals surface area contributed by atoms with Gasteiger partial charge in [0.1, 0.15) is 0 Å². The molecule has 0 bridgehead atoms. The van der Waals surface area contributed by atoms with Crippen molar-refractivity contribution in [2.45, 2.75) is 63.6 Å². The van der Waals surface area contributed by atoms with Gasteiger partial charge in [-0.3, -0.25) is 0 Å². The van der Waals surface area contributed by atoms with E-state index in [1.54, 1.807) is 10.7 Å². The first-order valence-electron chi connectivity index (χ1n) is 9.47. The highest BCUT2D eigenvalue weighted by Crippen LogP contribution is 2.25. The van der Waals surface area contributed by atoms with Crippen LogP contribution in [0.2, 0.25) is 0 Å². The first-order valence-corrected chi connectivity index (χ1v) is 10.9. The van der Waals surface area contributed by atoms with Crippen LogP contribution >= 0.6 is 0 Å². The maximum Gasteiger partial charge on any atom is 0.338 e. The van der Waals surface area contributed by atoms with Crippen LogP contribution < -0.4 is 0 Å². The van der Waals surface area contributed by atoms with Gasteiger partial charge in [-0.25, -0.2) is 17.9 Å². The van der Waals surface area contributed by atoms with Crippen molar-refractivity contribution >= 4 is 16.0 Å². The van der Waals surface area contributed by atoms with Crippen LogP contribution in [0.25, 0.3) is 0 Å². The van der Waals surface area contributed by atoms with E-state index >= 15 is 0 Å². The van der Waals surface area contributed by atoms with E-state index in [4.69, 9.17) is 4.74 Å². The van der Waals surface area contributed by atoms with Crippen molar-refractivity contribution in [2.24, 2.45) is 0 Å². The molecule has 9 nitrogen and oxygen atoms in total. The summed E-state index contributed by atoms with van der Waals surface area (Å²) in [6.07, 6.45) is 3.56. The molecule has 0 spiro atoms. The fourth-order valence-corrected chi connectivity index (χ4v) is 5.02. The van der Waals surface area contributed by atoms with Gasteiger partial charge in [0.25, 0.3) is 0 Å². The first kappa shape index (κ1) is 20.4. The van der Waals surface area contributed by atoms with Gasteiger partial charge in [-0.05, 0) is 54.8 Å². The first-order chi connectivity index (χ1) is 13.4. The molecule has 0 aliphatic carbocycles. The van der Waals surface area contributed by atoms with Crippen LogP contribution in [0.3, 0.4) is 0 Å². The number of ether oxygens (including phenoxy) is 1. The Bertz CT molecular complexity index is 928. The molecule has 0 unspecified atom stereocenters. The van der Waals surface area contributed by atoms with Crippen LogP contribution in [0, 0.1) is 0 Å². The van der Waals surface area contributed by atoms with E-state index in [1.807, 2.05) is 13.8 Å². The van der Waals surface area contributed by atoms with Gasteiger partial charge < -0.3 is 4.74 Å². The van der Waals surface area contributed by atoms with Crippen molar-refractivity contribution in [3.8, 4) is 0 Å². The van der Waals surface area contributed by atoms with Crippen LogP contribution in [0.15, 0.2) is 29.2 Å². The predicted molar refractivity (Wildman–Crippen MR) is 101 cm³/mol. The molecule has 0 radical (unpaired) electrons. The lowest BCUT2D eigenvalue weighted by Crippen LogP contribution is -2.41. The molecule has 1 aliphatic rings. The molecule has 2 aromatic rings. The number of rotatable bonds is 7. The second kappa shape index (κ2) is 8.78. The zero-order valence-corrected chi connectivity index (χ0v) is 16.9. The molecule has 0 amide bonds. The standard InChI is InChI=1S/C18H25N5O4S/c1-3-10-22-17(19-20-21-22)13-27-18(24)15-8-6-9-16(12-15)28(25,26)23-11-5-4-7-14(23)2/h6,8-9,12,14H,3-5,7,10-11,13H2,1-2H3/t14-/m1/s1. The molecule has 3 rings (SSSR count). The summed E-state index contributed by atoms with van der Waals surface area (Å²) in [4.78, 5) is 12.5. The number of aromatic nitrogens is 4. The minimum Gasteiger partial charge on any atom is -0.454 e. The quantitative estimate of drug-likeness (QED) is 0.646. The normalized spacial score (nSPS) is 18.1. The molecule has 10 heteroatoms. The van der Waals surface area contributed by atoms with Gasteiger partial charge in [0.05, 0.1) is 10.5 Å². The van der Waals surface area contributed by atoms with E-state index < -0.39 is 16.0 Å². The zero-order chi connectivity index (χ0) is 20.1. The monoisotopic (exact) mass is 407 g/mol. The summed E-state index contributed by atoms with van der Waals surface area (Å²) in [5, 5.41) is 11.3. The van der Waals surface area contributed by atoms with E-state index in [1.165, 1.54) is 22.5 Å². The minimum atomic E-state index is -3.65. The molecule has 1 saturated heterocycles. The molecular formula is C18H25N5O4S. The number of sulfonamides is 1. The summed E-state index contributed by atoms with van der Waals surface area (Å²) < 4.78 is 34.3. The molecule has 152 valence electrons. The van der Waals surface area contributed by atoms with Gasteiger partial charge in [0.15, 0.2) is 12.4 Å². The van der Waals surface area contributed by atoms with Crippen LogP contribution in [-0.2, 0) is 27.9 Å². The summed E-state index contributed by atoms with van der Waals surface area (Å²) >= 11 is 0. The van der Waals surface area contributed by atoms with Crippen LogP contribution in [-0.4, -0.2) is 51.5 Å². The Morgan fingerprint density at radius 2 is 2.14 bits per heavy atom. The molecule has 1 aliphatic heterocycles. The highest BCUT2D eigenvalue weighted by atomic mass is 32.2. The number of carbonyl (C=O) groups excluding carboxylic acids is 1. The molecular weight excluding hydrogens is 382 g/mol. The molecule has 2 heterocycles. The number of aryl methyl sites for hydroxylation is 1. The third kappa shape index (κ3) is 4.39. The zero-order valence-electron chi connectivity index (χ0n) is 16.1. The average molecular weight is 407 g/mol. The van der Waals surface area contributed by atoms with Crippen LogP contribution in [0.4, 0.5) is 0 Å². The molecule has 1 fully saturated rings. The summed E-state index contributed by atoms with van der Waals surface area (Å²) in [6.45, 7) is 4.95. The second-order valence-corrected chi connectivity index (χ2v) is 8.77. The van der Waals surface area contributed by atoms with E-state index in [-0.39, 0.29) is 23.1 Å². The number of piperidine rings is 1. The highest BCUT2D eigenvalue weighted by molar-refractivity contribution is 7.89. The van der Waals surface area contributed by atoms with Crippen molar-refractivity contribution in [3.05, 3.63) is 35.7 Å². The van der Waals surface area contributed by atoms with Crippen LogP contribution in [0.5, 0.6) is 0 Å². The largest absolute Gasteiger partial charge is 0.454 e. The molecule has 1 atom stereocenters.